The van der Waals surface area contributed by atoms with Crippen molar-refractivity contribution in [2.75, 3.05) is 0 Å². The van der Waals surface area contributed by atoms with E-state index in [4.69, 9.17) is 0 Å². The van der Waals surface area contributed by atoms with Crippen molar-refractivity contribution < 1.29 is 19.5 Å². The average Bonchev–Trinajstić information content (AvgIpc) is 2.67. The molecule has 2 nitrogen and oxygen atoms in total. The van der Waals surface area contributed by atoms with E-state index in [2.05, 4.69) is 9.97 Å². The van der Waals surface area contributed by atoms with Crippen LogP contribution in [0.4, 0.5) is 0 Å². The molecule has 0 aliphatic rings. The molecular formula is C10H14N2Ru. The monoisotopic (exact) mass is 264 g/mol. The first-order valence-electron chi connectivity index (χ1n) is 3.03. The first-order valence-corrected chi connectivity index (χ1v) is 3.03. The van der Waals surface area contributed by atoms with Crippen molar-refractivity contribution in [2.45, 2.75) is 0 Å². The van der Waals surface area contributed by atoms with E-state index in [9.17, 15) is 0 Å². The Morgan fingerprint density at radius 3 is 0.846 bits per heavy atom. The summed E-state index contributed by atoms with van der Waals surface area (Å²) in [5.74, 6) is 0. The van der Waals surface area contributed by atoms with Gasteiger partial charge < -0.3 is 24.8 Å². The first kappa shape index (κ1) is 18.1. The summed E-state index contributed by atoms with van der Waals surface area (Å²) in [7, 11) is 0. The zero-order valence-electron chi connectivity index (χ0n) is 7.87. The van der Waals surface area contributed by atoms with Crippen molar-refractivity contribution in [1.29, 1.82) is 0 Å². The van der Waals surface area contributed by atoms with Crippen LogP contribution in [-0.2, 0) is 19.5 Å². The molecule has 0 aliphatic heterocycles. The van der Waals surface area contributed by atoms with Gasteiger partial charge in [0.15, 0.2) is 0 Å². The topological polar surface area (TPSA) is 28.2 Å². The Morgan fingerprint density at radius 2 is 0.769 bits per heavy atom. The fourth-order valence-electron chi connectivity index (χ4n) is 0.497. The van der Waals surface area contributed by atoms with Gasteiger partial charge in [0.25, 0.3) is 0 Å². The SMILES string of the molecule is [CH3-].[CH3-].[Ru+4].c1cc[n-]c1.c1cc[n-]c1. The molecule has 0 radical (unpaired) electrons. The summed E-state index contributed by atoms with van der Waals surface area (Å²) in [5, 5.41) is 0. The maximum absolute atomic E-state index is 3.72. The summed E-state index contributed by atoms with van der Waals surface area (Å²) in [6, 6.07) is 7.56. The summed E-state index contributed by atoms with van der Waals surface area (Å²) in [4.78, 5) is 7.44. The summed E-state index contributed by atoms with van der Waals surface area (Å²) < 4.78 is 0. The van der Waals surface area contributed by atoms with E-state index in [1.54, 1.807) is 24.8 Å². The van der Waals surface area contributed by atoms with Crippen LogP contribution in [0.3, 0.4) is 0 Å². The molecule has 0 fully saturated rings. The molecule has 0 bridgehead atoms. The number of rotatable bonds is 0. The molecule has 0 amide bonds. The number of hydrogen-bond acceptors (Lipinski definition) is 0. The largest absolute Gasteiger partial charge is 4.00 e. The van der Waals surface area contributed by atoms with Gasteiger partial charge in [0, 0.05) is 0 Å². The molecule has 0 N–H and O–H groups in total. The zero-order valence-corrected chi connectivity index (χ0v) is 9.60. The van der Waals surface area contributed by atoms with Gasteiger partial charge >= 0.3 is 19.5 Å². The molecule has 2 aromatic heterocycles. The molecule has 2 rings (SSSR count). The molecule has 0 unspecified atom stereocenters. The van der Waals surface area contributed by atoms with Gasteiger partial charge in [0.1, 0.15) is 0 Å². The Morgan fingerprint density at radius 1 is 0.538 bits per heavy atom. The van der Waals surface area contributed by atoms with Gasteiger partial charge in [-0.3, -0.25) is 0 Å². The van der Waals surface area contributed by atoms with Gasteiger partial charge in [-0.2, -0.15) is 24.8 Å². The molecule has 0 saturated heterocycles. The van der Waals surface area contributed by atoms with Crippen LogP contribution >= 0.6 is 0 Å². The third-order valence-electron chi connectivity index (χ3n) is 0.911. The fourth-order valence-corrected chi connectivity index (χ4v) is 0.497. The van der Waals surface area contributed by atoms with Crippen LogP contribution in [0.5, 0.6) is 0 Å². The molecule has 72 valence electrons. The van der Waals surface area contributed by atoms with Gasteiger partial charge in [-0.15, -0.1) is 0 Å². The summed E-state index contributed by atoms with van der Waals surface area (Å²) in [5.41, 5.74) is 0. The molecule has 0 spiro atoms. The van der Waals surface area contributed by atoms with Crippen molar-refractivity contribution in [3.63, 3.8) is 0 Å². The molecule has 3 heteroatoms. The van der Waals surface area contributed by atoms with E-state index in [0.717, 1.165) is 0 Å². The van der Waals surface area contributed by atoms with Crippen LogP contribution in [0.2, 0.25) is 0 Å². The number of nitrogens with zero attached hydrogens (tertiary/aromatic N) is 2. The van der Waals surface area contributed by atoms with E-state index < -0.39 is 0 Å². The van der Waals surface area contributed by atoms with E-state index in [0.29, 0.717) is 0 Å². The van der Waals surface area contributed by atoms with Crippen LogP contribution < -0.4 is 9.97 Å². The summed E-state index contributed by atoms with van der Waals surface area (Å²) >= 11 is 0. The summed E-state index contributed by atoms with van der Waals surface area (Å²) in [6.07, 6.45) is 7.00. The van der Waals surface area contributed by atoms with E-state index in [1.165, 1.54) is 0 Å². The van der Waals surface area contributed by atoms with Crippen LogP contribution in [-0.4, -0.2) is 0 Å². The minimum Gasteiger partial charge on any atom is -0.670 e. The second-order valence-electron chi connectivity index (χ2n) is 1.66. The van der Waals surface area contributed by atoms with Gasteiger partial charge in [-0.25, -0.2) is 0 Å². The van der Waals surface area contributed by atoms with Crippen molar-refractivity contribution in [2.24, 2.45) is 0 Å². The average molecular weight is 263 g/mol. The van der Waals surface area contributed by atoms with Crippen molar-refractivity contribution in [3.05, 3.63) is 63.9 Å². The molecule has 2 aromatic rings. The number of aromatic nitrogens is 2. The van der Waals surface area contributed by atoms with Gasteiger partial charge in [-0.05, 0) is 0 Å². The van der Waals surface area contributed by atoms with E-state index in [-0.39, 0.29) is 34.3 Å². The normalized spacial score (nSPS) is 6.15. The molecule has 0 atom stereocenters. The predicted molar refractivity (Wildman–Crippen MR) is 52.4 cm³/mol. The van der Waals surface area contributed by atoms with Gasteiger partial charge in [-0.1, -0.05) is 24.3 Å². The van der Waals surface area contributed by atoms with E-state index >= 15 is 0 Å². The summed E-state index contributed by atoms with van der Waals surface area (Å²) in [6.45, 7) is 0. The Balaban J connectivity index is -0.000000125. The van der Waals surface area contributed by atoms with Crippen LogP contribution in [0.15, 0.2) is 49.1 Å². The van der Waals surface area contributed by atoms with Crippen molar-refractivity contribution in [1.82, 2.24) is 9.97 Å². The van der Waals surface area contributed by atoms with Crippen LogP contribution in [0.1, 0.15) is 0 Å². The van der Waals surface area contributed by atoms with Crippen LogP contribution in [0, 0.1) is 14.9 Å². The molecule has 0 saturated carbocycles. The molecule has 13 heavy (non-hydrogen) atoms. The maximum Gasteiger partial charge on any atom is 4.00 e. The second-order valence-corrected chi connectivity index (χ2v) is 1.66. The quantitative estimate of drug-likeness (QED) is 0.538. The smallest absolute Gasteiger partial charge is 0.670 e. The Kier molecular flexibility index (Phi) is 19.1. The zero-order chi connectivity index (χ0) is 7.07. The molecule has 0 aliphatic carbocycles. The molecule has 0 aromatic carbocycles. The number of hydrogen-bond donors (Lipinski definition) is 0. The predicted octanol–water partition coefficient (Wildman–Crippen LogP) is 2.19. The minimum absolute atomic E-state index is 0. The van der Waals surface area contributed by atoms with Gasteiger partial charge in [0.05, 0.1) is 0 Å². The first-order chi connectivity index (χ1) is 5.00. The van der Waals surface area contributed by atoms with Crippen molar-refractivity contribution >= 4 is 0 Å². The fraction of sp³-hybridized carbons (Fsp3) is 0. The standard InChI is InChI=1S/2C4H4N.2CH3.Ru/c2*1-2-4-5-3-1;;;/h2*1-4H;2*1H3;/q4*-1;+4. The second kappa shape index (κ2) is 13.8. The van der Waals surface area contributed by atoms with E-state index in [1.807, 2.05) is 24.3 Å². The molecule has 2 heterocycles. The Bertz CT molecular complexity index is 152. The maximum atomic E-state index is 3.72. The Hall–Kier alpha value is -0.817. The van der Waals surface area contributed by atoms with Crippen LogP contribution in [0.25, 0.3) is 0 Å². The minimum atomic E-state index is 0. The molecular weight excluding hydrogens is 249 g/mol. The van der Waals surface area contributed by atoms with Gasteiger partial charge in [0.2, 0.25) is 0 Å². The third kappa shape index (κ3) is 11.2. The van der Waals surface area contributed by atoms with Crippen molar-refractivity contribution in [3.8, 4) is 0 Å². The Labute approximate surface area is 93.5 Å². The third-order valence-corrected chi connectivity index (χ3v) is 0.911.